The zero-order valence-electron chi connectivity index (χ0n) is 26.2. The number of allylic oxidation sites excluding steroid dienone is 2. The number of carboxylic acids is 1. The monoisotopic (exact) mass is 550 g/mol. The zero-order chi connectivity index (χ0) is 28.7. The van der Waals surface area contributed by atoms with Crippen molar-refractivity contribution in [1.29, 1.82) is 0 Å². The molecule has 230 valence electrons. The van der Waals surface area contributed by atoms with Crippen LogP contribution in [0.1, 0.15) is 194 Å². The van der Waals surface area contributed by atoms with Gasteiger partial charge in [-0.15, -0.1) is 0 Å². The highest BCUT2D eigenvalue weighted by Crippen LogP contribution is 2.16. The first-order valence-electron chi connectivity index (χ1n) is 17.2. The first-order chi connectivity index (χ1) is 19.1. The minimum atomic E-state index is -0.667. The molecule has 0 aliphatic rings. The third-order valence-electron chi connectivity index (χ3n) is 7.81. The lowest BCUT2D eigenvalue weighted by molar-refractivity contribution is -0.149. The molecule has 0 bridgehead atoms. The third kappa shape index (κ3) is 31.1. The Morgan fingerprint density at radius 2 is 0.974 bits per heavy atom. The van der Waals surface area contributed by atoms with Crippen LogP contribution in [0.3, 0.4) is 0 Å². The Balaban J connectivity index is 3.43. The van der Waals surface area contributed by atoms with E-state index < -0.39 is 5.97 Å². The molecule has 0 aliphatic carbocycles. The van der Waals surface area contributed by atoms with Gasteiger partial charge in [-0.05, 0) is 51.4 Å². The largest absolute Gasteiger partial charge is 0.481 e. The van der Waals surface area contributed by atoms with Crippen LogP contribution in [0.25, 0.3) is 0 Å². The van der Waals surface area contributed by atoms with Crippen LogP contribution in [0, 0.1) is 0 Å². The predicted molar refractivity (Wildman–Crippen MR) is 167 cm³/mol. The molecule has 0 aromatic heterocycles. The highest BCUT2D eigenvalue weighted by Gasteiger charge is 2.12. The van der Waals surface area contributed by atoms with Crippen molar-refractivity contribution in [2.24, 2.45) is 0 Å². The Hall–Kier alpha value is -1.32. The fraction of sp³-hybridized carbons (Fsp3) is 0.886. The Kier molecular flexibility index (Phi) is 30.2. The molecule has 0 heterocycles. The van der Waals surface area contributed by atoms with E-state index in [9.17, 15) is 9.59 Å². The van der Waals surface area contributed by atoms with Crippen LogP contribution >= 0.6 is 0 Å². The van der Waals surface area contributed by atoms with Gasteiger partial charge in [0, 0.05) is 12.8 Å². The lowest BCUT2D eigenvalue weighted by Gasteiger charge is -2.16. The number of aliphatic carboxylic acids is 1. The molecule has 0 rings (SSSR count). The Bertz CT molecular complexity index is 557. The van der Waals surface area contributed by atoms with Gasteiger partial charge in [0.2, 0.25) is 0 Å². The van der Waals surface area contributed by atoms with Crippen molar-refractivity contribution in [2.45, 2.75) is 200 Å². The molecule has 0 spiro atoms. The van der Waals surface area contributed by atoms with Gasteiger partial charge in [0.05, 0.1) is 0 Å². The Morgan fingerprint density at radius 1 is 0.564 bits per heavy atom. The lowest BCUT2D eigenvalue weighted by atomic mass is 10.0. The second kappa shape index (κ2) is 31.2. The van der Waals surface area contributed by atoms with Crippen molar-refractivity contribution in [3.63, 3.8) is 0 Å². The summed E-state index contributed by atoms with van der Waals surface area (Å²) in [5, 5.41) is 8.63. The average molecular weight is 551 g/mol. The molecule has 0 aromatic rings. The molecule has 4 nitrogen and oxygen atoms in total. The van der Waals surface area contributed by atoms with Crippen molar-refractivity contribution < 1.29 is 19.4 Å². The lowest BCUT2D eigenvalue weighted by Crippen LogP contribution is -2.17. The van der Waals surface area contributed by atoms with Gasteiger partial charge in [0.15, 0.2) is 0 Å². The normalized spacial score (nSPS) is 12.3. The first kappa shape index (κ1) is 37.7. The summed E-state index contributed by atoms with van der Waals surface area (Å²) in [6, 6.07) is 0. The fourth-order valence-electron chi connectivity index (χ4n) is 5.16. The molecule has 0 aromatic carbocycles. The van der Waals surface area contributed by atoms with E-state index in [1.165, 1.54) is 128 Å². The second-order valence-corrected chi connectivity index (χ2v) is 11.7. The standard InChI is InChI=1S/C35H66O4/c1-3-5-6-7-8-9-10-17-20-23-26-29-32-35(38)39-33(4-2)30-27-24-21-18-15-13-11-12-14-16-19-22-25-28-31-34(36)37/h7-8,33H,3-6,9-32H2,1-2H3,(H,36,37)/b8-7-. The molecule has 0 radical (unpaired) electrons. The molecule has 0 saturated carbocycles. The molecule has 1 atom stereocenters. The topological polar surface area (TPSA) is 63.6 Å². The number of ether oxygens (including phenoxy) is 1. The van der Waals surface area contributed by atoms with E-state index >= 15 is 0 Å². The van der Waals surface area contributed by atoms with Crippen LogP contribution in [0.5, 0.6) is 0 Å². The van der Waals surface area contributed by atoms with Crippen LogP contribution < -0.4 is 0 Å². The van der Waals surface area contributed by atoms with Gasteiger partial charge < -0.3 is 9.84 Å². The number of hydrogen-bond donors (Lipinski definition) is 1. The van der Waals surface area contributed by atoms with Gasteiger partial charge in [0.1, 0.15) is 6.10 Å². The van der Waals surface area contributed by atoms with E-state index in [2.05, 4.69) is 26.0 Å². The van der Waals surface area contributed by atoms with E-state index in [0.29, 0.717) is 12.8 Å². The zero-order valence-corrected chi connectivity index (χ0v) is 26.2. The number of unbranched alkanes of at least 4 members (excludes halogenated alkanes) is 21. The van der Waals surface area contributed by atoms with Gasteiger partial charge in [-0.25, -0.2) is 0 Å². The van der Waals surface area contributed by atoms with E-state index in [-0.39, 0.29) is 12.1 Å². The summed E-state index contributed by atoms with van der Waals surface area (Å²) in [6.07, 6.45) is 37.3. The molecule has 0 saturated heterocycles. The molecule has 4 heteroatoms. The van der Waals surface area contributed by atoms with Crippen LogP contribution in [0.4, 0.5) is 0 Å². The minimum absolute atomic E-state index is 0.0113. The molecule has 0 aliphatic heterocycles. The van der Waals surface area contributed by atoms with Gasteiger partial charge in [-0.3, -0.25) is 9.59 Å². The van der Waals surface area contributed by atoms with E-state index in [0.717, 1.165) is 38.5 Å². The van der Waals surface area contributed by atoms with Gasteiger partial charge in [-0.1, -0.05) is 142 Å². The summed E-state index contributed by atoms with van der Waals surface area (Å²) in [6.45, 7) is 4.38. The second-order valence-electron chi connectivity index (χ2n) is 11.7. The Morgan fingerprint density at radius 3 is 1.44 bits per heavy atom. The smallest absolute Gasteiger partial charge is 0.306 e. The minimum Gasteiger partial charge on any atom is -0.481 e. The maximum absolute atomic E-state index is 12.2. The molecule has 39 heavy (non-hydrogen) atoms. The number of carbonyl (C=O) groups excluding carboxylic acids is 1. The van der Waals surface area contributed by atoms with Gasteiger partial charge in [-0.2, -0.15) is 0 Å². The number of hydrogen-bond acceptors (Lipinski definition) is 3. The summed E-state index contributed by atoms with van der Waals surface area (Å²) in [7, 11) is 0. The van der Waals surface area contributed by atoms with E-state index in [1.54, 1.807) is 0 Å². The van der Waals surface area contributed by atoms with Crippen molar-refractivity contribution in [3.05, 3.63) is 12.2 Å². The number of rotatable bonds is 31. The summed E-state index contributed by atoms with van der Waals surface area (Å²) in [5.74, 6) is -0.655. The summed E-state index contributed by atoms with van der Waals surface area (Å²) >= 11 is 0. The van der Waals surface area contributed by atoms with Crippen LogP contribution in [-0.4, -0.2) is 23.1 Å². The van der Waals surface area contributed by atoms with E-state index in [4.69, 9.17) is 9.84 Å². The van der Waals surface area contributed by atoms with E-state index in [1.807, 2.05) is 0 Å². The molecular formula is C35H66O4. The predicted octanol–water partition coefficient (Wildman–Crippen LogP) is 11.5. The first-order valence-corrected chi connectivity index (χ1v) is 17.2. The van der Waals surface area contributed by atoms with Crippen molar-refractivity contribution in [3.8, 4) is 0 Å². The molecule has 1 N–H and O–H groups in total. The summed E-state index contributed by atoms with van der Waals surface area (Å²) in [5.41, 5.74) is 0. The van der Waals surface area contributed by atoms with Crippen LogP contribution in [-0.2, 0) is 14.3 Å². The van der Waals surface area contributed by atoms with Crippen LogP contribution in [0.15, 0.2) is 12.2 Å². The molecule has 0 fully saturated rings. The number of carbonyl (C=O) groups is 2. The van der Waals surface area contributed by atoms with Crippen molar-refractivity contribution in [2.75, 3.05) is 0 Å². The molecule has 1 unspecified atom stereocenters. The Labute approximate surface area is 243 Å². The fourth-order valence-corrected chi connectivity index (χ4v) is 5.16. The molecular weight excluding hydrogens is 484 g/mol. The van der Waals surface area contributed by atoms with Crippen molar-refractivity contribution in [1.82, 2.24) is 0 Å². The quantitative estimate of drug-likeness (QED) is 0.0529. The average Bonchev–Trinajstić information content (AvgIpc) is 2.92. The summed E-state index contributed by atoms with van der Waals surface area (Å²) < 4.78 is 5.76. The maximum atomic E-state index is 12.2. The SMILES string of the molecule is CCCC/C=C\CCCCCCCCC(=O)OC(CC)CCCCCCCCCCCCCCCCC(=O)O. The highest BCUT2D eigenvalue weighted by atomic mass is 16.5. The van der Waals surface area contributed by atoms with Crippen LogP contribution in [0.2, 0.25) is 0 Å². The highest BCUT2D eigenvalue weighted by molar-refractivity contribution is 5.69. The molecule has 0 amide bonds. The van der Waals surface area contributed by atoms with Gasteiger partial charge in [0.25, 0.3) is 0 Å². The maximum Gasteiger partial charge on any atom is 0.306 e. The third-order valence-corrected chi connectivity index (χ3v) is 7.81. The number of carboxylic acid groups (broad SMARTS) is 1. The summed E-state index contributed by atoms with van der Waals surface area (Å²) in [4.78, 5) is 22.7. The van der Waals surface area contributed by atoms with Gasteiger partial charge >= 0.3 is 11.9 Å². The van der Waals surface area contributed by atoms with Crippen molar-refractivity contribution >= 4 is 11.9 Å². The number of esters is 1.